The first-order valence-electron chi connectivity index (χ1n) is 12.2. The van der Waals surface area contributed by atoms with Crippen molar-refractivity contribution in [3.8, 4) is 0 Å². The summed E-state index contributed by atoms with van der Waals surface area (Å²) >= 11 is 15.7. The summed E-state index contributed by atoms with van der Waals surface area (Å²) in [5.74, 6) is -0.485. The van der Waals surface area contributed by atoms with Crippen LogP contribution >= 0.6 is 39.1 Å². The average Bonchev–Trinajstić information content (AvgIpc) is 3.29. The third-order valence-electron chi connectivity index (χ3n) is 6.71. The molecule has 2 atom stereocenters. The van der Waals surface area contributed by atoms with E-state index < -0.39 is 23.2 Å². The lowest BCUT2D eigenvalue weighted by atomic mass is 9.78. The van der Waals surface area contributed by atoms with Crippen LogP contribution in [0.5, 0.6) is 0 Å². The molecule has 0 saturated carbocycles. The molecule has 2 aromatic carbocycles. The van der Waals surface area contributed by atoms with Gasteiger partial charge in [-0.1, -0.05) is 51.3 Å². The van der Waals surface area contributed by atoms with Gasteiger partial charge in [-0.25, -0.2) is 4.79 Å². The van der Waals surface area contributed by atoms with Crippen LogP contribution in [0.2, 0.25) is 10.0 Å². The molecule has 4 rings (SSSR count). The number of benzene rings is 2. The minimum absolute atomic E-state index is 0.160. The Kier molecular flexibility index (Phi) is 8.12. The summed E-state index contributed by atoms with van der Waals surface area (Å²) in [4.78, 5) is 43.4. The Morgan fingerprint density at radius 2 is 1.78 bits per heavy atom. The Balaban J connectivity index is 1.58. The second kappa shape index (κ2) is 10.8. The van der Waals surface area contributed by atoms with Crippen molar-refractivity contribution in [2.24, 2.45) is 0 Å². The number of anilines is 1. The predicted octanol–water partition coefficient (Wildman–Crippen LogP) is 5.95. The second-order valence-electron chi connectivity index (χ2n) is 10.5. The van der Waals surface area contributed by atoms with Crippen molar-refractivity contribution in [3.05, 3.63) is 62.5 Å². The number of nitrogens with zero attached hydrogens (tertiary/aromatic N) is 2. The molecule has 0 aliphatic carbocycles. The molecule has 198 valence electrons. The van der Waals surface area contributed by atoms with Crippen molar-refractivity contribution in [2.75, 3.05) is 24.5 Å². The second-order valence-corrected chi connectivity index (χ2v) is 12.2. The largest absolute Gasteiger partial charge is 0.444 e. The van der Waals surface area contributed by atoms with E-state index in [0.717, 1.165) is 10.0 Å². The van der Waals surface area contributed by atoms with Crippen molar-refractivity contribution >= 4 is 62.7 Å². The van der Waals surface area contributed by atoms with Gasteiger partial charge in [-0.2, -0.15) is 0 Å². The molecule has 37 heavy (non-hydrogen) atoms. The van der Waals surface area contributed by atoms with Crippen LogP contribution in [0.25, 0.3) is 0 Å². The number of carbonyl (C=O) groups excluding carboxylic acids is 3. The predicted molar refractivity (Wildman–Crippen MR) is 148 cm³/mol. The summed E-state index contributed by atoms with van der Waals surface area (Å²) in [6.07, 6.45) is 1.19. The SMILES string of the molecule is CC(C)(C)OC(=O)N1CCC(C(=O)NC2CCCN(c3ccc(Cl)c(Cl)c3)C2=O)(c2ccc(Br)cc2)C1. The highest BCUT2D eigenvalue weighted by atomic mass is 79.9. The van der Waals surface area contributed by atoms with Crippen molar-refractivity contribution in [3.63, 3.8) is 0 Å². The van der Waals surface area contributed by atoms with Gasteiger partial charge in [0.1, 0.15) is 11.6 Å². The Morgan fingerprint density at radius 3 is 2.43 bits per heavy atom. The molecular formula is C27H30BrCl2N3O4. The molecule has 2 aliphatic heterocycles. The summed E-state index contributed by atoms with van der Waals surface area (Å²) in [6.45, 7) is 6.48. The van der Waals surface area contributed by atoms with Crippen LogP contribution in [0, 0.1) is 0 Å². The van der Waals surface area contributed by atoms with E-state index >= 15 is 0 Å². The number of likely N-dealkylation sites (tertiary alicyclic amines) is 1. The minimum Gasteiger partial charge on any atom is -0.444 e. The minimum atomic E-state index is -1.01. The lowest BCUT2D eigenvalue weighted by Crippen LogP contribution is -2.57. The first-order valence-corrected chi connectivity index (χ1v) is 13.8. The van der Waals surface area contributed by atoms with Gasteiger partial charge in [0.05, 0.1) is 15.5 Å². The van der Waals surface area contributed by atoms with Crippen LogP contribution in [-0.4, -0.2) is 54.1 Å². The van der Waals surface area contributed by atoms with E-state index in [9.17, 15) is 14.4 Å². The van der Waals surface area contributed by atoms with Crippen LogP contribution in [0.1, 0.15) is 45.6 Å². The smallest absolute Gasteiger partial charge is 0.410 e. The summed E-state index contributed by atoms with van der Waals surface area (Å²) in [5.41, 5.74) is -0.240. The molecule has 7 nitrogen and oxygen atoms in total. The molecule has 10 heteroatoms. The number of hydrogen-bond donors (Lipinski definition) is 1. The normalized spacial score (nSPS) is 22.2. The molecule has 0 radical (unpaired) electrons. The number of nitrogens with one attached hydrogen (secondary N) is 1. The van der Waals surface area contributed by atoms with E-state index in [4.69, 9.17) is 27.9 Å². The van der Waals surface area contributed by atoms with Gasteiger partial charge in [0.25, 0.3) is 0 Å². The Hall–Kier alpha value is -2.29. The standard InChI is InChI=1S/C27H30BrCl2N3O4/c1-26(2,3)37-25(36)32-14-12-27(16-32,17-6-8-18(28)9-7-17)24(35)31-22-5-4-13-33(23(22)34)19-10-11-20(29)21(30)15-19/h6-11,15,22H,4-5,12-14,16H2,1-3H3,(H,31,35). The van der Waals surface area contributed by atoms with Crippen LogP contribution in [-0.2, 0) is 19.7 Å². The molecular weight excluding hydrogens is 581 g/mol. The molecule has 2 fully saturated rings. The topological polar surface area (TPSA) is 79.0 Å². The Bertz CT molecular complexity index is 1200. The number of ether oxygens (including phenoxy) is 1. The van der Waals surface area contributed by atoms with Crippen molar-refractivity contribution < 1.29 is 19.1 Å². The summed E-state index contributed by atoms with van der Waals surface area (Å²) in [6, 6.07) is 11.9. The fourth-order valence-electron chi connectivity index (χ4n) is 4.83. The molecule has 0 aromatic heterocycles. The van der Waals surface area contributed by atoms with Crippen LogP contribution in [0.15, 0.2) is 46.9 Å². The number of piperidine rings is 1. The maximum absolute atomic E-state index is 14.0. The van der Waals surface area contributed by atoms with Gasteiger partial charge in [0, 0.05) is 29.8 Å². The highest BCUT2D eigenvalue weighted by Crippen LogP contribution is 2.37. The molecule has 2 aliphatic rings. The number of rotatable bonds is 4. The van der Waals surface area contributed by atoms with Crippen LogP contribution in [0.3, 0.4) is 0 Å². The Labute approximate surface area is 235 Å². The molecule has 2 aromatic rings. The zero-order valence-corrected chi connectivity index (χ0v) is 24.1. The molecule has 0 bridgehead atoms. The van der Waals surface area contributed by atoms with Gasteiger partial charge in [-0.05, 0) is 75.9 Å². The van der Waals surface area contributed by atoms with Gasteiger partial charge in [0.2, 0.25) is 11.8 Å². The molecule has 2 saturated heterocycles. The van der Waals surface area contributed by atoms with Gasteiger partial charge in [-0.15, -0.1) is 0 Å². The monoisotopic (exact) mass is 609 g/mol. The summed E-state index contributed by atoms with van der Waals surface area (Å²) < 4.78 is 6.45. The van der Waals surface area contributed by atoms with E-state index in [0.29, 0.717) is 48.1 Å². The maximum atomic E-state index is 14.0. The van der Waals surface area contributed by atoms with Crippen molar-refractivity contribution in [1.29, 1.82) is 0 Å². The highest BCUT2D eigenvalue weighted by Gasteiger charge is 2.49. The quantitative estimate of drug-likeness (QED) is 0.464. The number of halogens is 3. The molecule has 3 amide bonds. The molecule has 2 heterocycles. The zero-order valence-electron chi connectivity index (χ0n) is 21.0. The van der Waals surface area contributed by atoms with Gasteiger partial charge < -0.3 is 19.9 Å². The number of carbonyl (C=O) groups is 3. The van der Waals surface area contributed by atoms with E-state index in [1.165, 1.54) is 0 Å². The van der Waals surface area contributed by atoms with Gasteiger partial charge in [0.15, 0.2) is 0 Å². The number of amides is 3. The summed E-state index contributed by atoms with van der Waals surface area (Å²) in [7, 11) is 0. The zero-order chi connectivity index (χ0) is 27.0. The molecule has 0 spiro atoms. The fourth-order valence-corrected chi connectivity index (χ4v) is 5.38. The Morgan fingerprint density at radius 1 is 1.08 bits per heavy atom. The van der Waals surface area contributed by atoms with E-state index in [1.54, 1.807) is 28.0 Å². The first-order chi connectivity index (χ1) is 17.4. The lowest BCUT2D eigenvalue weighted by Gasteiger charge is -2.36. The van der Waals surface area contributed by atoms with E-state index in [1.807, 2.05) is 45.0 Å². The first kappa shape index (κ1) is 27.7. The highest BCUT2D eigenvalue weighted by molar-refractivity contribution is 9.10. The molecule has 2 unspecified atom stereocenters. The van der Waals surface area contributed by atoms with Gasteiger partial charge >= 0.3 is 6.09 Å². The average molecular weight is 611 g/mol. The van der Waals surface area contributed by atoms with E-state index in [2.05, 4.69) is 21.2 Å². The van der Waals surface area contributed by atoms with Gasteiger partial charge in [-0.3, -0.25) is 9.59 Å². The fraction of sp³-hybridized carbons (Fsp3) is 0.444. The van der Waals surface area contributed by atoms with Crippen molar-refractivity contribution in [1.82, 2.24) is 10.2 Å². The van der Waals surface area contributed by atoms with Crippen LogP contribution in [0.4, 0.5) is 10.5 Å². The maximum Gasteiger partial charge on any atom is 0.410 e. The third kappa shape index (κ3) is 6.07. The molecule has 1 N–H and O–H groups in total. The summed E-state index contributed by atoms with van der Waals surface area (Å²) in [5, 5.41) is 3.79. The van der Waals surface area contributed by atoms with E-state index in [-0.39, 0.29) is 18.4 Å². The van der Waals surface area contributed by atoms with Crippen LogP contribution < -0.4 is 10.2 Å². The number of hydrogen-bond acceptors (Lipinski definition) is 4. The lowest BCUT2D eigenvalue weighted by molar-refractivity contribution is -0.131. The third-order valence-corrected chi connectivity index (χ3v) is 7.98. The van der Waals surface area contributed by atoms with Crippen molar-refractivity contribution in [2.45, 2.75) is 57.1 Å².